The first-order chi connectivity index (χ1) is 11.0. The summed E-state index contributed by atoms with van der Waals surface area (Å²) in [5.74, 6) is 1.74. The summed E-state index contributed by atoms with van der Waals surface area (Å²) < 4.78 is 8.41. The SMILES string of the molecule is CCCNC=Nc1cc(C)c(Oc2cc(I)cc(I)c2)cc1C. The van der Waals surface area contributed by atoms with Crippen molar-refractivity contribution in [2.75, 3.05) is 6.54 Å². The lowest BCUT2D eigenvalue weighted by Crippen LogP contribution is -2.10. The molecule has 3 nitrogen and oxygen atoms in total. The van der Waals surface area contributed by atoms with Crippen molar-refractivity contribution in [3.8, 4) is 11.5 Å². The molecule has 0 saturated carbocycles. The van der Waals surface area contributed by atoms with E-state index < -0.39 is 0 Å². The van der Waals surface area contributed by atoms with E-state index in [2.05, 4.69) is 87.5 Å². The first-order valence-corrected chi connectivity index (χ1v) is 9.66. The minimum Gasteiger partial charge on any atom is -0.457 e. The molecule has 2 aromatic carbocycles. The molecule has 0 atom stereocenters. The van der Waals surface area contributed by atoms with Crippen LogP contribution in [0.15, 0.2) is 35.3 Å². The molecule has 0 amide bonds. The molecule has 0 unspecified atom stereocenters. The maximum absolute atomic E-state index is 6.07. The van der Waals surface area contributed by atoms with Crippen molar-refractivity contribution in [3.05, 3.63) is 48.6 Å². The Morgan fingerprint density at radius 3 is 2.39 bits per heavy atom. The molecule has 0 aliphatic rings. The third-order valence-corrected chi connectivity index (χ3v) is 4.49. The van der Waals surface area contributed by atoms with Crippen LogP contribution in [0.2, 0.25) is 0 Å². The number of nitrogens with zero attached hydrogens (tertiary/aromatic N) is 1. The van der Waals surface area contributed by atoms with Gasteiger partial charge in [-0.05, 0) is 107 Å². The van der Waals surface area contributed by atoms with E-state index >= 15 is 0 Å². The fraction of sp³-hybridized carbons (Fsp3) is 0.278. The molecule has 0 aromatic heterocycles. The zero-order valence-corrected chi connectivity index (χ0v) is 17.8. The van der Waals surface area contributed by atoms with E-state index in [0.29, 0.717) is 0 Å². The van der Waals surface area contributed by atoms with E-state index in [-0.39, 0.29) is 0 Å². The van der Waals surface area contributed by atoms with E-state index in [1.54, 1.807) is 6.34 Å². The molecular weight excluding hydrogens is 514 g/mol. The van der Waals surface area contributed by atoms with Gasteiger partial charge in [0, 0.05) is 13.7 Å². The lowest BCUT2D eigenvalue weighted by atomic mass is 10.1. The molecule has 0 fully saturated rings. The summed E-state index contributed by atoms with van der Waals surface area (Å²) in [7, 11) is 0. The van der Waals surface area contributed by atoms with Gasteiger partial charge in [0.15, 0.2) is 0 Å². The van der Waals surface area contributed by atoms with Gasteiger partial charge in [0.05, 0.1) is 12.0 Å². The van der Waals surface area contributed by atoms with Gasteiger partial charge in [-0.3, -0.25) is 0 Å². The van der Waals surface area contributed by atoms with Crippen LogP contribution in [-0.4, -0.2) is 12.9 Å². The van der Waals surface area contributed by atoms with Gasteiger partial charge < -0.3 is 10.1 Å². The van der Waals surface area contributed by atoms with Crippen molar-refractivity contribution in [2.45, 2.75) is 27.2 Å². The molecule has 0 saturated heterocycles. The minimum atomic E-state index is 0.865. The molecule has 2 rings (SSSR count). The van der Waals surface area contributed by atoms with Crippen LogP contribution in [-0.2, 0) is 0 Å². The number of hydrogen-bond acceptors (Lipinski definition) is 2. The zero-order chi connectivity index (χ0) is 16.8. The maximum Gasteiger partial charge on any atom is 0.130 e. The van der Waals surface area contributed by atoms with Crippen LogP contribution < -0.4 is 10.1 Å². The van der Waals surface area contributed by atoms with Crippen molar-refractivity contribution in [1.82, 2.24) is 5.32 Å². The highest BCUT2D eigenvalue weighted by Crippen LogP contribution is 2.32. The molecule has 1 N–H and O–H groups in total. The van der Waals surface area contributed by atoms with Crippen LogP contribution in [0.1, 0.15) is 24.5 Å². The van der Waals surface area contributed by atoms with Crippen molar-refractivity contribution < 1.29 is 4.74 Å². The Labute approximate surface area is 165 Å². The summed E-state index contributed by atoms with van der Waals surface area (Å²) in [6.45, 7) is 7.17. The van der Waals surface area contributed by atoms with Crippen molar-refractivity contribution >= 4 is 57.2 Å². The van der Waals surface area contributed by atoms with E-state index in [0.717, 1.165) is 41.3 Å². The second-order valence-corrected chi connectivity index (χ2v) is 7.81. The van der Waals surface area contributed by atoms with Gasteiger partial charge in [-0.15, -0.1) is 0 Å². The van der Waals surface area contributed by atoms with Gasteiger partial charge in [-0.2, -0.15) is 0 Å². The normalized spacial score (nSPS) is 11.0. The number of benzene rings is 2. The molecule has 0 spiro atoms. The first kappa shape index (κ1) is 18.5. The maximum atomic E-state index is 6.07. The van der Waals surface area contributed by atoms with Crippen molar-refractivity contribution in [1.29, 1.82) is 0 Å². The highest BCUT2D eigenvalue weighted by molar-refractivity contribution is 14.1. The van der Waals surface area contributed by atoms with Gasteiger partial charge in [-0.1, -0.05) is 6.92 Å². The lowest BCUT2D eigenvalue weighted by Gasteiger charge is -2.12. The smallest absolute Gasteiger partial charge is 0.130 e. The summed E-state index contributed by atoms with van der Waals surface area (Å²) in [5.41, 5.74) is 3.14. The summed E-state index contributed by atoms with van der Waals surface area (Å²) in [6, 6.07) is 10.3. The highest BCUT2D eigenvalue weighted by atomic mass is 127. The van der Waals surface area contributed by atoms with E-state index in [1.165, 1.54) is 7.14 Å². The van der Waals surface area contributed by atoms with Crippen LogP contribution in [0.25, 0.3) is 0 Å². The van der Waals surface area contributed by atoms with Crippen LogP contribution in [0, 0.1) is 21.0 Å². The Hall–Kier alpha value is -0.830. The molecule has 0 aliphatic heterocycles. The van der Waals surface area contributed by atoms with Gasteiger partial charge in [0.1, 0.15) is 11.5 Å². The minimum absolute atomic E-state index is 0.865. The molecule has 0 radical (unpaired) electrons. The third kappa shape index (κ3) is 5.63. The Bertz CT molecular complexity index is 694. The Morgan fingerprint density at radius 2 is 1.74 bits per heavy atom. The van der Waals surface area contributed by atoms with E-state index in [1.807, 2.05) is 19.1 Å². The van der Waals surface area contributed by atoms with Gasteiger partial charge in [0.25, 0.3) is 0 Å². The lowest BCUT2D eigenvalue weighted by molar-refractivity contribution is 0.478. The van der Waals surface area contributed by atoms with E-state index in [4.69, 9.17) is 4.74 Å². The number of ether oxygens (including phenoxy) is 1. The monoisotopic (exact) mass is 534 g/mol. The van der Waals surface area contributed by atoms with Crippen LogP contribution in [0.3, 0.4) is 0 Å². The standard InChI is InChI=1S/C18H20I2N2O/c1-4-5-21-11-22-17-6-13(3)18(7-12(17)2)23-16-9-14(19)8-15(20)10-16/h6-11H,4-5H2,1-3H3,(H,21,22). The molecule has 0 bridgehead atoms. The fourth-order valence-electron chi connectivity index (χ4n) is 2.06. The summed E-state index contributed by atoms with van der Waals surface area (Å²) in [4.78, 5) is 4.49. The average molecular weight is 534 g/mol. The topological polar surface area (TPSA) is 33.6 Å². The second kappa shape index (κ2) is 8.86. The van der Waals surface area contributed by atoms with Crippen LogP contribution in [0.4, 0.5) is 5.69 Å². The predicted molar refractivity (Wildman–Crippen MR) is 114 cm³/mol. The van der Waals surface area contributed by atoms with Crippen LogP contribution >= 0.6 is 45.2 Å². The summed E-state index contributed by atoms with van der Waals surface area (Å²) >= 11 is 4.61. The Balaban J connectivity index is 2.20. The van der Waals surface area contributed by atoms with Gasteiger partial charge in [-0.25, -0.2) is 4.99 Å². The zero-order valence-electron chi connectivity index (χ0n) is 13.5. The predicted octanol–water partition coefficient (Wildman–Crippen LogP) is 5.96. The molecule has 2 aromatic rings. The summed E-state index contributed by atoms with van der Waals surface area (Å²) in [6.07, 6.45) is 2.86. The molecule has 23 heavy (non-hydrogen) atoms. The molecular formula is C18H20I2N2O. The van der Waals surface area contributed by atoms with Crippen molar-refractivity contribution in [3.63, 3.8) is 0 Å². The molecule has 5 heteroatoms. The quantitative estimate of drug-likeness (QED) is 0.215. The number of hydrogen-bond donors (Lipinski definition) is 1. The Kier molecular flexibility index (Phi) is 7.13. The highest BCUT2D eigenvalue weighted by Gasteiger charge is 2.07. The van der Waals surface area contributed by atoms with Gasteiger partial charge >= 0.3 is 0 Å². The fourth-order valence-corrected chi connectivity index (χ4v) is 3.94. The van der Waals surface area contributed by atoms with E-state index in [9.17, 15) is 0 Å². The number of rotatable bonds is 6. The average Bonchev–Trinajstić information content (AvgIpc) is 2.47. The number of aliphatic imine (C=N–C) groups is 1. The number of aryl methyl sites for hydroxylation is 2. The number of halogens is 2. The molecule has 0 heterocycles. The third-order valence-electron chi connectivity index (χ3n) is 3.25. The van der Waals surface area contributed by atoms with Crippen molar-refractivity contribution in [2.24, 2.45) is 4.99 Å². The number of nitrogens with one attached hydrogen (secondary N) is 1. The summed E-state index contributed by atoms with van der Waals surface area (Å²) in [5, 5.41) is 3.17. The Morgan fingerprint density at radius 1 is 1.04 bits per heavy atom. The largest absolute Gasteiger partial charge is 0.457 e. The van der Waals surface area contributed by atoms with Gasteiger partial charge in [0.2, 0.25) is 0 Å². The first-order valence-electron chi connectivity index (χ1n) is 7.50. The van der Waals surface area contributed by atoms with Crippen LogP contribution in [0.5, 0.6) is 11.5 Å². The second-order valence-electron chi connectivity index (χ2n) is 5.32. The molecule has 122 valence electrons. The molecule has 0 aliphatic carbocycles.